The van der Waals surface area contributed by atoms with Crippen LogP contribution >= 0.6 is 0 Å². The van der Waals surface area contributed by atoms with Gasteiger partial charge in [0.2, 0.25) is 0 Å². The third-order valence-corrected chi connectivity index (χ3v) is 3.83. The molecule has 0 aliphatic carbocycles. The minimum absolute atomic E-state index is 0.256. The summed E-state index contributed by atoms with van der Waals surface area (Å²) < 4.78 is 5.46. The first-order valence-electron chi connectivity index (χ1n) is 7.98. The van der Waals surface area contributed by atoms with E-state index in [1.165, 1.54) is 48.8 Å². The van der Waals surface area contributed by atoms with E-state index < -0.39 is 0 Å². The molecule has 20 heavy (non-hydrogen) atoms. The zero-order valence-electron chi connectivity index (χ0n) is 13.3. The fraction of sp³-hybridized carbons (Fsp3) is 0.667. The molecule has 112 valence electrons. The number of rotatable bonds is 7. The highest BCUT2D eigenvalue weighted by atomic mass is 16.5. The molecule has 0 fully saturated rings. The lowest BCUT2D eigenvalue weighted by atomic mass is 10.0. The summed E-state index contributed by atoms with van der Waals surface area (Å²) in [6.07, 6.45) is 6.46. The minimum atomic E-state index is 0.256. The molecule has 0 amide bonds. The van der Waals surface area contributed by atoms with Gasteiger partial charge >= 0.3 is 0 Å². The Morgan fingerprint density at radius 2 is 1.75 bits per heavy atom. The van der Waals surface area contributed by atoms with Crippen molar-refractivity contribution in [2.24, 2.45) is 0 Å². The largest absolute Gasteiger partial charge is 0.372 e. The van der Waals surface area contributed by atoms with Crippen molar-refractivity contribution in [2.75, 3.05) is 6.54 Å². The van der Waals surface area contributed by atoms with Gasteiger partial charge in [0, 0.05) is 5.54 Å². The zero-order valence-corrected chi connectivity index (χ0v) is 13.3. The quantitative estimate of drug-likeness (QED) is 0.753. The maximum absolute atomic E-state index is 5.46. The maximum Gasteiger partial charge on any atom is 0.0725 e. The van der Waals surface area contributed by atoms with Gasteiger partial charge in [0.25, 0.3) is 0 Å². The van der Waals surface area contributed by atoms with Crippen molar-refractivity contribution in [1.82, 2.24) is 5.32 Å². The van der Waals surface area contributed by atoms with Gasteiger partial charge in [-0.05, 0) is 63.3 Å². The summed E-state index contributed by atoms with van der Waals surface area (Å²) in [5.74, 6) is 0. The third kappa shape index (κ3) is 5.26. The van der Waals surface area contributed by atoms with Gasteiger partial charge < -0.3 is 10.1 Å². The molecule has 1 aromatic rings. The fourth-order valence-corrected chi connectivity index (χ4v) is 2.65. The number of hydrogen-bond donors (Lipinski definition) is 1. The van der Waals surface area contributed by atoms with Gasteiger partial charge in [-0.3, -0.25) is 0 Å². The van der Waals surface area contributed by atoms with E-state index in [1.807, 2.05) is 0 Å². The Balaban J connectivity index is 1.57. The maximum atomic E-state index is 5.46. The van der Waals surface area contributed by atoms with Crippen molar-refractivity contribution in [2.45, 2.75) is 71.6 Å². The Morgan fingerprint density at radius 1 is 1.00 bits per heavy atom. The van der Waals surface area contributed by atoms with Gasteiger partial charge in [-0.15, -0.1) is 0 Å². The second kappa shape index (κ2) is 7.24. The van der Waals surface area contributed by atoms with Crippen molar-refractivity contribution >= 4 is 0 Å². The summed E-state index contributed by atoms with van der Waals surface area (Å²) in [7, 11) is 0. The number of unbranched alkanes of at least 4 members (excludes halogenated alkanes) is 3. The Hall–Kier alpha value is -0.860. The second-order valence-electron chi connectivity index (χ2n) is 6.94. The summed E-state index contributed by atoms with van der Waals surface area (Å²) in [6.45, 7) is 9.43. The summed E-state index contributed by atoms with van der Waals surface area (Å²) in [4.78, 5) is 0. The number of nitrogens with one attached hydrogen (secondary N) is 1. The first kappa shape index (κ1) is 15.5. The van der Waals surface area contributed by atoms with Crippen molar-refractivity contribution in [1.29, 1.82) is 0 Å². The van der Waals surface area contributed by atoms with E-state index >= 15 is 0 Å². The van der Waals surface area contributed by atoms with E-state index in [2.05, 4.69) is 44.3 Å². The molecule has 0 aromatic heterocycles. The Morgan fingerprint density at radius 3 is 2.55 bits per heavy atom. The molecule has 0 radical (unpaired) electrons. The molecule has 1 aliphatic heterocycles. The molecule has 0 spiro atoms. The molecule has 0 saturated carbocycles. The van der Waals surface area contributed by atoms with Crippen LogP contribution in [0.25, 0.3) is 0 Å². The van der Waals surface area contributed by atoms with Crippen LogP contribution in [0.2, 0.25) is 0 Å². The molecule has 2 heteroatoms. The number of aryl methyl sites for hydroxylation is 1. The monoisotopic (exact) mass is 275 g/mol. The number of fused-ring (bicyclic) bond motifs is 1. The van der Waals surface area contributed by atoms with Crippen LogP contribution in [0.5, 0.6) is 0 Å². The Labute approximate surface area is 123 Å². The molecule has 2 rings (SSSR count). The first-order valence-corrected chi connectivity index (χ1v) is 7.98. The third-order valence-electron chi connectivity index (χ3n) is 3.83. The second-order valence-corrected chi connectivity index (χ2v) is 6.94. The van der Waals surface area contributed by atoms with Crippen molar-refractivity contribution in [3.8, 4) is 0 Å². The lowest BCUT2D eigenvalue weighted by Gasteiger charge is -2.20. The Bertz CT molecular complexity index is 420. The molecule has 0 atom stereocenters. The van der Waals surface area contributed by atoms with Crippen LogP contribution in [-0.4, -0.2) is 12.1 Å². The highest BCUT2D eigenvalue weighted by Gasteiger charge is 2.11. The van der Waals surface area contributed by atoms with Crippen LogP contribution in [0.4, 0.5) is 0 Å². The van der Waals surface area contributed by atoms with Crippen LogP contribution in [-0.2, 0) is 24.4 Å². The number of ether oxygens (including phenoxy) is 1. The average Bonchev–Trinajstić information content (AvgIpc) is 2.83. The fourth-order valence-electron chi connectivity index (χ4n) is 2.65. The molecule has 1 aliphatic rings. The van der Waals surface area contributed by atoms with Gasteiger partial charge in [0.1, 0.15) is 0 Å². The summed E-state index contributed by atoms with van der Waals surface area (Å²) in [5, 5.41) is 3.54. The molecular formula is C18H29NO. The standard InChI is InChI=1S/C18H29NO/c1-18(2,3)19-11-7-5-4-6-8-15-9-10-16-13-20-14-17(16)12-15/h9-10,12,19H,4-8,11,13-14H2,1-3H3. The summed E-state index contributed by atoms with van der Waals surface area (Å²) in [6, 6.07) is 6.85. The van der Waals surface area contributed by atoms with Crippen molar-refractivity contribution in [3.05, 3.63) is 34.9 Å². The van der Waals surface area contributed by atoms with E-state index in [4.69, 9.17) is 4.74 Å². The van der Waals surface area contributed by atoms with Gasteiger partial charge in [0.05, 0.1) is 13.2 Å². The number of hydrogen-bond acceptors (Lipinski definition) is 2. The van der Waals surface area contributed by atoms with Crippen LogP contribution in [0.15, 0.2) is 18.2 Å². The highest BCUT2D eigenvalue weighted by Crippen LogP contribution is 2.21. The lowest BCUT2D eigenvalue weighted by Crippen LogP contribution is -2.36. The molecule has 2 nitrogen and oxygen atoms in total. The summed E-state index contributed by atoms with van der Waals surface area (Å²) >= 11 is 0. The van der Waals surface area contributed by atoms with Gasteiger partial charge in [0.15, 0.2) is 0 Å². The van der Waals surface area contributed by atoms with E-state index in [0.717, 1.165) is 19.8 Å². The van der Waals surface area contributed by atoms with E-state index in [1.54, 1.807) is 0 Å². The predicted octanol–water partition coefficient (Wildman–Crippen LogP) is 4.21. The van der Waals surface area contributed by atoms with Crippen LogP contribution in [0, 0.1) is 0 Å². The van der Waals surface area contributed by atoms with Gasteiger partial charge in [-0.1, -0.05) is 31.0 Å². The minimum Gasteiger partial charge on any atom is -0.372 e. The van der Waals surface area contributed by atoms with Crippen molar-refractivity contribution in [3.63, 3.8) is 0 Å². The predicted molar refractivity (Wildman–Crippen MR) is 84.9 cm³/mol. The molecule has 1 N–H and O–H groups in total. The smallest absolute Gasteiger partial charge is 0.0725 e. The Kier molecular flexibility index (Phi) is 5.62. The van der Waals surface area contributed by atoms with Crippen molar-refractivity contribution < 1.29 is 4.74 Å². The average molecular weight is 275 g/mol. The molecule has 1 heterocycles. The van der Waals surface area contributed by atoms with Gasteiger partial charge in [-0.2, -0.15) is 0 Å². The van der Waals surface area contributed by atoms with Gasteiger partial charge in [-0.25, -0.2) is 0 Å². The number of benzene rings is 1. The van der Waals surface area contributed by atoms with Crippen LogP contribution < -0.4 is 5.32 Å². The van der Waals surface area contributed by atoms with E-state index in [9.17, 15) is 0 Å². The van der Waals surface area contributed by atoms with Crippen LogP contribution in [0.3, 0.4) is 0 Å². The molecule has 1 aromatic carbocycles. The SMILES string of the molecule is CC(C)(C)NCCCCCCc1ccc2c(c1)COC2. The highest BCUT2D eigenvalue weighted by molar-refractivity contribution is 5.33. The molecule has 0 saturated heterocycles. The van der Waals surface area contributed by atoms with E-state index in [0.29, 0.717) is 0 Å². The van der Waals surface area contributed by atoms with Crippen LogP contribution in [0.1, 0.15) is 63.1 Å². The normalized spacial score (nSPS) is 14.6. The lowest BCUT2D eigenvalue weighted by molar-refractivity contribution is 0.134. The first-order chi connectivity index (χ1) is 9.54. The van der Waals surface area contributed by atoms with E-state index in [-0.39, 0.29) is 5.54 Å². The summed E-state index contributed by atoms with van der Waals surface area (Å²) in [5.41, 5.74) is 4.51. The molecular weight excluding hydrogens is 246 g/mol. The topological polar surface area (TPSA) is 21.3 Å². The zero-order chi connectivity index (χ0) is 14.4. The molecule has 0 bridgehead atoms. The molecule has 0 unspecified atom stereocenters.